The van der Waals surface area contributed by atoms with E-state index in [1.807, 2.05) is 6.92 Å². The lowest BCUT2D eigenvalue weighted by Gasteiger charge is -2.23. The standard InChI is InChI=1S/C18H20ClNO5S/c1-3-25-18(22)16(17(21)13-6-8-14(19)9-7-13)20-26(23,24)15-10-4-12(2)5-11-15/h4-11,16-17,20-21H,3H2,1-2H3. The van der Waals surface area contributed by atoms with Gasteiger partial charge in [-0.2, -0.15) is 4.72 Å². The van der Waals surface area contributed by atoms with Crippen LogP contribution in [0.5, 0.6) is 0 Å². The third-order valence-electron chi connectivity index (χ3n) is 3.68. The van der Waals surface area contributed by atoms with Crippen LogP contribution in [0.3, 0.4) is 0 Å². The van der Waals surface area contributed by atoms with Gasteiger partial charge in [0.25, 0.3) is 0 Å². The number of rotatable bonds is 7. The highest BCUT2D eigenvalue weighted by molar-refractivity contribution is 7.89. The van der Waals surface area contributed by atoms with Crippen LogP contribution < -0.4 is 4.72 Å². The molecule has 0 spiro atoms. The molecule has 0 aliphatic rings. The summed E-state index contributed by atoms with van der Waals surface area (Å²) in [6.07, 6.45) is -1.44. The third kappa shape index (κ3) is 5.04. The van der Waals surface area contributed by atoms with E-state index in [1.54, 1.807) is 19.1 Å². The van der Waals surface area contributed by atoms with Crippen LogP contribution in [-0.4, -0.2) is 32.1 Å². The number of benzene rings is 2. The quantitative estimate of drug-likeness (QED) is 0.700. The van der Waals surface area contributed by atoms with Crippen LogP contribution in [0.15, 0.2) is 53.4 Å². The second-order valence-electron chi connectivity index (χ2n) is 5.66. The summed E-state index contributed by atoms with van der Waals surface area (Å²) in [6, 6.07) is 10.7. The van der Waals surface area contributed by atoms with Crippen molar-refractivity contribution in [3.8, 4) is 0 Å². The predicted octanol–water partition coefficient (Wildman–Crippen LogP) is 2.59. The molecule has 2 atom stereocenters. The molecule has 140 valence electrons. The summed E-state index contributed by atoms with van der Waals surface area (Å²) in [4.78, 5) is 12.2. The number of aliphatic hydroxyl groups is 1. The maximum Gasteiger partial charge on any atom is 0.327 e. The molecule has 2 rings (SSSR count). The first-order valence-electron chi connectivity index (χ1n) is 7.93. The van der Waals surface area contributed by atoms with Gasteiger partial charge in [-0.25, -0.2) is 8.42 Å². The van der Waals surface area contributed by atoms with Gasteiger partial charge in [-0.1, -0.05) is 41.4 Å². The molecule has 0 saturated heterocycles. The average Bonchev–Trinajstić information content (AvgIpc) is 2.60. The SMILES string of the molecule is CCOC(=O)C(NS(=O)(=O)c1ccc(C)cc1)C(O)c1ccc(Cl)cc1. The number of hydrogen-bond acceptors (Lipinski definition) is 5. The molecule has 0 saturated carbocycles. The van der Waals surface area contributed by atoms with Crippen molar-refractivity contribution in [2.24, 2.45) is 0 Å². The number of carbonyl (C=O) groups is 1. The third-order valence-corrected chi connectivity index (χ3v) is 5.39. The summed E-state index contributed by atoms with van der Waals surface area (Å²) < 4.78 is 32.4. The van der Waals surface area contributed by atoms with Crippen LogP contribution in [0.25, 0.3) is 0 Å². The van der Waals surface area contributed by atoms with Gasteiger partial charge in [0.05, 0.1) is 11.5 Å². The lowest BCUT2D eigenvalue weighted by molar-refractivity contribution is -0.148. The van der Waals surface area contributed by atoms with Gasteiger partial charge in [0.2, 0.25) is 10.0 Å². The van der Waals surface area contributed by atoms with E-state index in [4.69, 9.17) is 16.3 Å². The first-order chi connectivity index (χ1) is 12.2. The number of nitrogens with one attached hydrogen (secondary N) is 1. The molecule has 26 heavy (non-hydrogen) atoms. The van der Waals surface area contributed by atoms with Crippen molar-refractivity contribution < 1.29 is 23.1 Å². The fourth-order valence-electron chi connectivity index (χ4n) is 2.28. The summed E-state index contributed by atoms with van der Waals surface area (Å²) >= 11 is 5.82. The van der Waals surface area contributed by atoms with Crippen LogP contribution in [0.2, 0.25) is 5.02 Å². The molecule has 0 aliphatic carbocycles. The van der Waals surface area contributed by atoms with E-state index in [0.29, 0.717) is 10.6 Å². The number of hydrogen-bond donors (Lipinski definition) is 2. The van der Waals surface area contributed by atoms with Crippen molar-refractivity contribution in [1.82, 2.24) is 4.72 Å². The van der Waals surface area contributed by atoms with Crippen molar-refractivity contribution in [3.05, 3.63) is 64.7 Å². The van der Waals surface area contributed by atoms with Crippen molar-refractivity contribution in [1.29, 1.82) is 0 Å². The minimum absolute atomic E-state index is 0.0132. The minimum atomic E-state index is -4.04. The maximum absolute atomic E-state index is 12.6. The van der Waals surface area contributed by atoms with Gasteiger partial charge < -0.3 is 9.84 Å². The number of carbonyl (C=O) groups excluding carboxylic acids is 1. The van der Waals surface area contributed by atoms with Crippen LogP contribution in [-0.2, 0) is 19.6 Å². The molecule has 2 aromatic carbocycles. The monoisotopic (exact) mass is 397 g/mol. The molecule has 2 aromatic rings. The zero-order chi connectivity index (χ0) is 19.3. The molecule has 0 bridgehead atoms. The highest BCUT2D eigenvalue weighted by Gasteiger charge is 2.34. The number of halogens is 1. The first-order valence-corrected chi connectivity index (χ1v) is 9.80. The van der Waals surface area contributed by atoms with Gasteiger partial charge >= 0.3 is 5.97 Å². The number of aryl methyl sites for hydroxylation is 1. The van der Waals surface area contributed by atoms with Gasteiger partial charge in [0, 0.05) is 5.02 Å². The van der Waals surface area contributed by atoms with E-state index in [2.05, 4.69) is 4.72 Å². The number of sulfonamides is 1. The topological polar surface area (TPSA) is 92.7 Å². The van der Waals surface area contributed by atoms with Gasteiger partial charge in [-0.3, -0.25) is 4.79 Å². The highest BCUT2D eigenvalue weighted by atomic mass is 35.5. The summed E-state index contributed by atoms with van der Waals surface area (Å²) in [5.41, 5.74) is 1.23. The van der Waals surface area contributed by atoms with Crippen LogP contribution in [0.1, 0.15) is 24.2 Å². The van der Waals surface area contributed by atoms with Crippen molar-refractivity contribution in [3.63, 3.8) is 0 Å². The van der Waals surface area contributed by atoms with E-state index < -0.39 is 28.1 Å². The Morgan fingerprint density at radius 1 is 1.15 bits per heavy atom. The first kappa shape index (κ1) is 20.4. The molecule has 0 fully saturated rings. The van der Waals surface area contributed by atoms with Gasteiger partial charge in [0.1, 0.15) is 12.1 Å². The Balaban J connectivity index is 2.33. The van der Waals surface area contributed by atoms with Crippen LogP contribution in [0, 0.1) is 6.92 Å². The summed E-state index contributed by atoms with van der Waals surface area (Å²) in [5.74, 6) is -0.870. The molecular weight excluding hydrogens is 378 g/mol. The number of aliphatic hydroxyl groups excluding tert-OH is 1. The van der Waals surface area contributed by atoms with E-state index in [-0.39, 0.29) is 11.5 Å². The molecule has 0 radical (unpaired) electrons. The van der Waals surface area contributed by atoms with E-state index in [9.17, 15) is 18.3 Å². The van der Waals surface area contributed by atoms with Crippen LogP contribution >= 0.6 is 11.6 Å². The Hall–Kier alpha value is -1.93. The Morgan fingerprint density at radius 2 is 1.73 bits per heavy atom. The van der Waals surface area contributed by atoms with Gasteiger partial charge in [-0.15, -0.1) is 0 Å². The summed E-state index contributed by atoms with van der Waals surface area (Å²) in [7, 11) is -4.04. The second-order valence-corrected chi connectivity index (χ2v) is 7.81. The number of ether oxygens (including phenoxy) is 1. The molecule has 0 amide bonds. The van der Waals surface area contributed by atoms with Crippen molar-refractivity contribution in [2.45, 2.75) is 30.9 Å². The lowest BCUT2D eigenvalue weighted by Crippen LogP contribution is -2.45. The maximum atomic E-state index is 12.6. The largest absolute Gasteiger partial charge is 0.465 e. The zero-order valence-corrected chi connectivity index (χ0v) is 15.9. The van der Waals surface area contributed by atoms with Crippen molar-refractivity contribution >= 4 is 27.6 Å². The second kappa shape index (κ2) is 8.64. The van der Waals surface area contributed by atoms with Crippen LogP contribution in [0.4, 0.5) is 0 Å². The highest BCUT2D eigenvalue weighted by Crippen LogP contribution is 2.22. The Morgan fingerprint density at radius 3 is 2.27 bits per heavy atom. The molecular formula is C18H20ClNO5S. The molecule has 0 aliphatic heterocycles. The summed E-state index contributed by atoms with van der Waals surface area (Å²) in [5, 5.41) is 11.0. The average molecular weight is 398 g/mol. The van der Waals surface area contributed by atoms with E-state index in [1.165, 1.54) is 36.4 Å². The molecule has 0 aromatic heterocycles. The molecule has 2 N–H and O–H groups in total. The molecule has 2 unspecified atom stereocenters. The Bertz CT molecular complexity index is 850. The normalized spacial score (nSPS) is 13.8. The smallest absolute Gasteiger partial charge is 0.327 e. The molecule has 8 heteroatoms. The lowest BCUT2D eigenvalue weighted by atomic mass is 10.0. The van der Waals surface area contributed by atoms with E-state index >= 15 is 0 Å². The number of esters is 1. The van der Waals surface area contributed by atoms with E-state index in [0.717, 1.165) is 5.56 Å². The Kier molecular flexibility index (Phi) is 6.77. The van der Waals surface area contributed by atoms with Gasteiger partial charge in [-0.05, 0) is 43.7 Å². The predicted molar refractivity (Wildman–Crippen MR) is 98.3 cm³/mol. The fraction of sp³-hybridized carbons (Fsp3) is 0.278. The minimum Gasteiger partial charge on any atom is -0.465 e. The zero-order valence-electron chi connectivity index (χ0n) is 14.3. The fourth-order valence-corrected chi connectivity index (χ4v) is 3.59. The molecule has 6 nitrogen and oxygen atoms in total. The molecule has 0 heterocycles. The summed E-state index contributed by atoms with van der Waals surface area (Å²) in [6.45, 7) is 3.47. The Labute approximate surface area is 157 Å². The van der Waals surface area contributed by atoms with Gasteiger partial charge in [0.15, 0.2) is 0 Å². The van der Waals surface area contributed by atoms with Crippen molar-refractivity contribution in [2.75, 3.05) is 6.61 Å².